The van der Waals surface area contributed by atoms with Gasteiger partial charge in [0.25, 0.3) is 0 Å². The summed E-state index contributed by atoms with van der Waals surface area (Å²) in [4.78, 5) is 20.1. The number of para-hydroxylation sites is 1. The van der Waals surface area contributed by atoms with Gasteiger partial charge < -0.3 is 4.42 Å². The largest absolute Gasteiger partial charge is 0.455 e. The van der Waals surface area contributed by atoms with Crippen molar-refractivity contribution in [2.24, 2.45) is 0 Å². The zero-order chi connectivity index (χ0) is 33.0. The van der Waals surface area contributed by atoms with Crippen molar-refractivity contribution in [3.8, 4) is 55.9 Å². The minimum atomic E-state index is 0.619. The maximum atomic E-state index is 6.70. The molecule has 0 N–H and O–H groups in total. The Balaban J connectivity index is 1.17. The van der Waals surface area contributed by atoms with E-state index < -0.39 is 0 Å². The van der Waals surface area contributed by atoms with Gasteiger partial charge in [-0.3, -0.25) is 0 Å². The van der Waals surface area contributed by atoms with E-state index in [0.717, 1.165) is 81.3 Å². The molecule has 7 aromatic carbocycles. The van der Waals surface area contributed by atoms with E-state index in [-0.39, 0.29) is 0 Å². The molecule has 6 heteroatoms. The highest BCUT2D eigenvalue weighted by atomic mass is 32.1. The lowest BCUT2D eigenvalue weighted by Crippen LogP contribution is -2.00. The SMILES string of the molecule is c1ccc(-c2nc(-c3ccccc3)nc(-c3cc(-c4cccc5c4oc4cc6nc(-c7ccccc7)sc6cc45)cc4ccccc34)n2)cc1. The molecule has 10 rings (SSSR count). The third kappa shape index (κ3) is 4.85. The van der Waals surface area contributed by atoms with Crippen molar-refractivity contribution in [2.75, 3.05) is 0 Å². The van der Waals surface area contributed by atoms with Crippen LogP contribution in [0.15, 0.2) is 162 Å². The lowest BCUT2D eigenvalue weighted by atomic mass is 9.95. The van der Waals surface area contributed by atoms with Crippen molar-refractivity contribution in [3.05, 3.63) is 158 Å². The lowest BCUT2D eigenvalue weighted by Gasteiger charge is -2.13. The van der Waals surface area contributed by atoms with Crippen LogP contribution in [0, 0.1) is 0 Å². The topological polar surface area (TPSA) is 64.7 Å². The molecule has 0 aliphatic heterocycles. The van der Waals surface area contributed by atoms with E-state index in [9.17, 15) is 0 Å². The average Bonchev–Trinajstić information content (AvgIpc) is 3.78. The van der Waals surface area contributed by atoms with Crippen LogP contribution >= 0.6 is 11.3 Å². The highest BCUT2D eigenvalue weighted by molar-refractivity contribution is 7.21. The molecule has 0 radical (unpaired) electrons. The first-order valence-corrected chi connectivity index (χ1v) is 17.3. The van der Waals surface area contributed by atoms with Crippen LogP contribution in [-0.4, -0.2) is 19.9 Å². The third-order valence-corrected chi connectivity index (χ3v) is 10.2. The summed E-state index contributed by atoms with van der Waals surface area (Å²) in [6, 6.07) is 54.0. The second-order valence-electron chi connectivity index (χ2n) is 12.3. The zero-order valence-electron chi connectivity index (χ0n) is 26.6. The molecule has 5 nitrogen and oxygen atoms in total. The van der Waals surface area contributed by atoms with Gasteiger partial charge in [0.15, 0.2) is 17.5 Å². The first-order valence-electron chi connectivity index (χ1n) is 16.5. The van der Waals surface area contributed by atoms with Crippen LogP contribution in [-0.2, 0) is 0 Å². The molecule has 0 fully saturated rings. The maximum Gasteiger partial charge on any atom is 0.164 e. The molecule has 3 heterocycles. The van der Waals surface area contributed by atoms with Crippen LogP contribution < -0.4 is 0 Å². The summed E-state index contributed by atoms with van der Waals surface area (Å²) in [5, 5.41) is 5.32. The molecule has 0 aliphatic carbocycles. The van der Waals surface area contributed by atoms with Gasteiger partial charge in [-0.15, -0.1) is 11.3 Å². The molecule has 0 spiro atoms. The standard InChI is InChI=1S/C44H26N4OS/c1-4-13-27(14-5-1)41-46-42(28-15-6-2-7-16-28)48-43(47-41)36-24-31(23-30-19-10-11-20-32(30)36)33-21-12-22-34-35-25-39-37(26-38(35)49-40(33)34)45-44(50-39)29-17-8-3-9-18-29/h1-26H. The van der Waals surface area contributed by atoms with E-state index in [1.165, 1.54) is 0 Å². The molecular weight excluding hydrogens is 633 g/mol. The maximum absolute atomic E-state index is 6.70. The number of thiazole rings is 1. The number of aromatic nitrogens is 4. The van der Waals surface area contributed by atoms with E-state index in [1.54, 1.807) is 11.3 Å². The average molecular weight is 659 g/mol. The van der Waals surface area contributed by atoms with Crippen LogP contribution in [0.2, 0.25) is 0 Å². The molecule has 3 aromatic heterocycles. The molecule has 10 aromatic rings. The third-order valence-electron chi connectivity index (χ3n) is 9.14. The highest BCUT2D eigenvalue weighted by Crippen LogP contribution is 2.42. The Morgan fingerprint density at radius 2 is 1.04 bits per heavy atom. The summed E-state index contributed by atoms with van der Waals surface area (Å²) in [5.41, 5.74) is 8.56. The van der Waals surface area contributed by atoms with Crippen LogP contribution in [0.3, 0.4) is 0 Å². The minimum absolute atomic E-state index is 0.619. The first-order chi connectivity index (χ1) is 24.7. The normalized spacial score (nSPS) is 11.6. The van der Waals surface area contributed by atoms with Crippen LogP contribution in [0.1, 0.15) is 0 Å². The Hall–Kier alpha value is -6.50. The van der Waals surface area contributed by atoms with Crippen molar-refractivity contribution >= 4 is 54.3 Å². The molecule has 50 heavy (non-hydrogen) atoms. The Kier molecular flexibility index (Phi) is 6.60. The van der Waals surface area contributed by atoms with Gasteiger partial charge in [0, 0.05) is 44.7 Å². The summed E-state index contributed by atoms with van der Waals surface area (Å²) in [7, 11) is 0. The van der Waals surface area contributed by atoms with Gasteiger partial charge >= 0.3 is 0 Å². The van der Waals surface area contributed by atoms with Crippen molar-refractivity contribution in [1.29, 1.82) is 0 Å². The van der Waals surface area contributed by atoms with Gasteiger partial charge in [-0.2, -0.15) is 0 Å². The molecule has 234 valence electrons. The smallest absolute Gasteiger partial charge is 0.164 e. The fourth-order valence-corrected chi connectivity index (χ4v) is 7.72. The second-order valence-corrected chi connectivity index (χ2v) is 13.3. The first kappa shape index (κ1) is 28.5. The molecular formula is C44H26N4OS. The van der Waals surface area contributed by atoms with Gasteiger partial charge in [0.2, 0.25) is 0 Å². The van der Waals surface area contributed by atoms with E-state index >= 15 is 0 Å². The minimum Gasteiger partial charge on any atom is -0.455 e. The number of rotatable bonds is 5. The van der Waals surface area contributed by atoms with Gasteiger partial charge in [0.1, 0.15) is 16.2 Å². The van der Waals surface area contributed by atoms with Crippen LogP contribution in [0.25, 0.3) is 98.8 Å². The van der Waals surface area contributed by atoms with Crippen LogP contribution in [0.4, 0.5) is 0 Å². The number of furan rings is 1. The number of benzene rings is 7. The predicted octanol–water partition coefficient (Wildman–Crippen LogP) is 11.9. The van der Waals surface area contributed by atoms with E-state index in [4.69, 9.17) is 24.4 Å². The number of nitrogens with zero attached hydrogens (tertiary/aromatic N) is 4. The molecule has 0 saturated heterocycles. The van der Waals surface area contributed by atoms with Crippen molar-refractivity contribution < 1.29 is 4.42 Å². The second kappa shape index (κ2) is 11.6. The van der Waals surface area contributed by atoms with Crippen molar-refractivity contribution in [1.82, 2.24) is 19.9 Å². The van der Waals surface area contributed by atoms with Gasteiger partial charge in [-0.05, 0) is 34.5 Å². The quantitative estimate of drug-likeness (QED) is 0.184. The molecule has 0 atom stereocenters. The Bertz CT molecular complexity index is 2810. The van der Waals surface area contributed by atoms with Crippen molar-refractivity contribution in [2.45, 2.75) is 0 Å². The van der Waals surface area contributed by atoms with E-state index in [0.29, 0.717) is 17.5 Å². The number of hydrogen-bond acceptors (Lipinski definition) is 6. The zero-order valence-corrected chi connectivity index (χ0v) is 27.4. The summed E-state index contributed by atoms with van der Waals surface area (Å²) >= 11 is 1.71. The van der Waals surface area contributed by atoms with Gasteiger partial charge in [-0.25, -0.2) is 19.9 Å². The summed E-state index contributed by atoms with van der Waals surface area (Å²) in [5.74, 6) is 1.88. The number of fused-ring (bicyclic) bond motifs is 5. The molecule has 0 saturated carbocycles. The number of hydrogen-bond donors (Lipinski definition) is 0. The predicted molar refractivity (Wildman–Crippen MR) is 205 cm³/mol. The van der Waals surface area contributed by atoms with Gasteiger partial charge in [-0.1, -0.05) is 133 Å². The summed E-state index contributed by atoms with van der Waals surface area (Å²) in [6.07, 6.45) is 0. The fourth-order valence-electron chi connectivity index (χ4n) is 6.73. The van der Waals surface area contributed by atoms with E-state index in [2.05, 4.69) is 78.9 Å². The molecule has 0 unspecified atom stereocenters. The van der Waals surface area contributed by atoms with E-state index in [1.807, 2.05) is 78.9 Å². The fraction of sp³-hybridized carbons (Fsp3) is 0. The summed E-state index contributed by atoms with van der Waals surface area (Å²) < 4.78 is 7.83. The lowest BCUT2D eigenvalue weighted by molar-refractivity contribution is 0.670. The Morgan fingerprint density at radius 1 is 0.420 bits per heavy atom. The molecule has 0 bridgehead atoms. The van der Waals surface area contributed by atoms with Gasteiger partial charge in [0.05, 0.1) is 10.2 Å². The Morgan fingerprint density at radius 3 is 1.76 bits per heavy atom. The highest BCUT2D eigenvalue weighted by Gasteiger charge is 2.19. The van der Waals surface area contributed by atoms with Crippen LogP contribution in [0.5, 0.6) is 0 Å². The summed E-state index contributed by atoms with van der Waals surface area (Å²) in [6.45, 7) is 0. The Labute approximate surface area is 291 Å². The molecule has 0 aliphatic rings. The van der Waals surface area contributed by atoms with Crippen molar-refractivity contribution in [3.63, 3.8) is 0 Å². The molecule has 0 amide bonds. The monoisotopic (exact) mass is 658 g/mol.